The van der Waals surface area contributed by atoms with Crippen LogP contribution >= 0.6 is 22.6 Å². The zero-order valence-corrected chi connectivity index (χ0v) is 10.1. The molecular formula is C9H10IN3O2. The molecule has 0 saturated carbocycles. The number of rotatable bonds is 2. The zero-order valence-electron chi connectivity index (χ0n) is 7.97. The van der Waals surface area contributed by atoms with Crippen LogP contribution in [0.25, 0.3) is 0 Å². The number of pyridine rings is 1. The summed E-state index contributed by atoms with van der Waals surface area (Å²) in [5.74, 6) is -0.0935. The largest absolute Gasteiger partial charge is 0.367 e. The van der Waals surface area contributed by atoms with Gasteiger partial charge >= 0.3 is 5.82 Å². The zero-order chi connectivity index (χ0) is 10.8. The molecule has 15 heavy (non-hydrogen) atoms. The minimum Gasteiger partial charge on any atom is -0.367 e. The van der Waals surface area contributed by atoms with Crippen molar-refractivity contribution in [3.63, 3.8) is 0 Å². The first-order valence-electron chi connectivity index (χ1n) is 4.66. The SMILES string of the molecule is O=[N+]([O-])c1ccc(N2CC[C@H](I)C2)cn1. The van der Waals surface area contributed by atoms with Gasteiger partial charge in [-0.05, 0) is 22.4 Å². The van der Waals surface area contributed by atoms with Crippen LogP contribution in [0.4, 0.5) is 11.5 Å². The number of anilines is 1. The summed E-state index contributed by atoms with van der Waals surface area (Å²) in [4.78, 5) is 15.9. The Balaban J connectivity index is 2.13. The van der Waals surface area contributed by atoms with E-state index in [9.17, 15) is 10.1 Å². The van der Waals surface area contributed by atoms with Crippen LogP contribution in [0.1, 0.15) is 6.42 Å². The number of halogens is 1. The quantitative estimate of drug-likeness (QED) is 0.362. The molecule has 1 saturated heterocycles. The Labute approximate surface area is 101 Å². The van der Waals surface area contributed by atoms with Crippen molar-refractivity contribution in [2.45, 2.75) is 10.3 Å². The van der Waals surface area contributed by atoms with Gasteiger partial charge in [-0.1, -0.05) is 22.6 Å². The van der Waals surface area contributed by atoms with E-state index < -0.39 is 4.92 Å². The van der Waals surface area contributed by atoms with E-state index in [0.29, 0.717) is 3.92 Å². The van der Waals surface area contributed by atoms with Crippen molar-refractivity contribution in [1.29, 1.82) is 0 Å². The molecule has 80 valence electrons. The van der Waals surface area contributed by atoms with E-state index in [2.05, 4.69) is 32.5 Å². The first-order chi connectivity index (χ1) is 7.16. The maximum atomic E-state index is 10.4. The van der Waals surface area contributed by atoms with Crippen LogP contribution < -0.4 is 4.90 Å². The fourth-order valence-corrected chi connectivity index (χ4v) is 2.38. The molecule has 2 heterocycles. The molecule has 0 bridgehead atoms. The van der Waals surface area contributed by atoms with Gasteiger partial charge in [-0.15, -0.1) is 0 Å². The van der Waals surface area contributed by atoms with Crippen molar-refractivity contribution in [1.82, 2.24) is 4.98 Å². The van der Waals surface area contributed by atoms with E-state index in [0.717, 1.165) is 25.2 Å². The Hall–Kier alpha value is -0.920. The Morgan fingerprint density at radius 2 is 2.40 bits per heavy atom. The lowest BCUT2D eigenvalue weighted by molar-refractivity contribution is -0.389. The van der Waals surface area contributed by atoms with E-state index in [-0.39, 0.29) is 5.82 Å². The van der Waals surface area contributed by atoms with Crippen LogP contribution in [0.15, 0.2) is 18.3 Å². The number of nitrogens with zero attached hydrogens (tertiary/aromatic N) is 3. The van der Waals surface area contributed by atoms with E-state index in [4.69, 9.17) is 0 Å². The molecule has 1 aromatic heterocycles. The van der Waals surface area contributed by atoms with Gasteiger partial charge < -0.3 is 15.0 Å². The molecule has 0 unspecified atom stereocenters. The van der Waals surface area contributed by atoms with Gasteiger partial charge in [0.05, 0.1) is 5.69 Å². The van der Waals surface area contributed by atoms with Crippen LogP contribution in [-0.2, 0) is 0 Å². The van der Waals surface area contributed by atoms with Gasteiger partial charge in [0, 0.05) is 23.1 Å². The van der Waals surface area contributed by atoms with Gasteiger partial charge in [-0.25, -0.2) is 0 Å². The molecule has 1 aromatic rings. The summed E-state index contributed by atoms with van der Waals surface area (Å²) in [6.45, 7) is 2.01. The first-order valence-corrected chi connectivity index (χ1v) is 5.91. The number of hydrogen-bond acceptors (Lipinski definition) is 4. The third-order valence-electron chi connectivity index (χ3n) is 2.42. The number of aromatic nitrogens is 1. The maximum Gasteiger partial charge on any atom is 0.363 e. The highest BCUT2D eigenvalue weighted by Crippen LogP contribution is 2.24. The molecule has 1 atom stereocenters. The van der Waals surface area contributed by atoms with Crippen LogP contribution in [0.2, 0.25) is 0 Å². The first kappa shape index (κ1) is 10.6. The van der Waals surface area contributed by atoms with E-state index >= 15 is 0 Å². The minimum atomic E-state index is -0.477. The maximum absolute atomic E-state index is 10.4. The topological polar surface area (TPSA) is 59.3 Å². The third kappa shape index (κ3) is 2.36. The van der Waals surface area contributed by atoms with Crippen LogP contribution in [-0.4, -0.2) is 26.9 Å². The molecule has 0 aliphatic carbocycles. The van der Waals surface area contributed by atoms with Gasteiger partial charge in [0.1, 0.15) is 0 Å². The highest BCUT2D eigenvalue weighted by molar-refractivity contribution is 14.1. The standard InChI is InChI=1S/C9H10IN3O2/c10-7-3-4-12(6-7)8-1-2-9(11-5-8)13(14)15/h1-2,5,7H,3-4,6H2/t7-/m0/s1. The average molecular weight is 319 g/mol. The fraction of sp³-hybridized carbons (Fsp3) is 0.444. The molecule has 0 radical (unpaired) electrons. The average Bonchev–Trinajstić information content (AvgIpc) is 2.65. The molecule has 0 amide bonds. The van der Waals surface area contributed by atoms with Gasteiger partial charge in [0.25, 0.3) is 0 Å². The molecule has 0 N–H and O–H groups in total. The molecule has 0 spiro atoms. The second-order valence-corrected chi connectivity index (χ2v) is 5.23. The Morgan fingerprint density at radius 3 is 2.87 bits per heavy atom. The monoisotopic (exact) mass is 319 g/mol. The summed E-state index contributed by atoms with van der Waals surface area (Å²) in [5, 5.41) is 10.4. The lowest BCUT2D eigenvalue weighted by atomic mass is 10.4. The second-order valence-electron chi connectivity index (χ2n) is 3.46. The molecule has 1 aliphatic heterocycles. The molecule has 1 fully saturated rings. The van der Waals surface area contributed by atoms with Gasteiger partial charge in [0.2, 0.25) is 0 Å². The third-order valence-corrected chi connectivity index (χ3v) is 3.43. The molecular weight excluding hydrogens is 309 g/mol. The molecule has 1 aliphatic rings. The van der Waals surface area contributed by atoms with E-state index in [1.807, 2.05) is 0 Å². The summed E-state index contributed by atoms with van der Waals surface area (Å²) in [6.07, 6.45) is 2.74. The summed E-state index contributed by atoms with van der Waals surface area (Å²) < 4.78 is 0.665. The molecule has 5 nitrogen and oxygen atoms in total. The molecule has 0 aromatic carbocycles. The van der Waals surface area contributed by atoms with Crippen LogP contribution in [0, 0.1) is 10.1 Å². The lowest BCUT2D eigenvalue weighted by Crippen LogP contribution is -2.19. The predicted molar refractivity (Wildman–Crippen MR) is 65.5 cm³/mol. The fourth-order valence-electron chi connectivity index (χ4n) is 1.63. The van der Waals surface area contributed by atoms with Crippen LogP contribution in [0.3, 0.4) is 0 Å². The summed E-state index contributed by atoms with van der Waals surface area (Å²) in [7, 11) is 0. The van der Waals surface area contributed by atoms with Gasteiger partial charge in [0.15, 0.2) is 6.20 Å². The van der Waals surface area contributed by atoms with E-state index in [1.54, 1.807) is 12.3 Å². The van der Waals surface area contributed by atoms with Gasteiger partial charge in [-0.2, -0.15) is 0 Å². The summed E-state index contributed by atoms with van der Waals surface area (Å²) in [6, 6.07) is 3.22. The second kappa shape index (κ2) is 4.30. The highest BCUT2D eigenvalue weighted by atomic mass is 127. The molecule has 2 rings (SSSR count). The number of hydrogen-bond donors (Lipinski definition) is 0. The smallest absolute Gasteiger partial charge is 0.363 e. The van der Waals surface area contributed by atoms with Crippen LogP contribution in [0.5, 0.6) is 0 Å². The van der Waals surface area contributed by atoms with Crippen molar-refractivity contribution < 1.29 is 4.92 Å². The van der Waals surface area contributed by atoms with Gasteiger partial charge in [-0.3, -0.25) is 0 Å². The number of alkyl halides is 1. The lowest BCUT2D eigenvalue weighted by Gasteiger charge is -2.15. The summed E-state index contributed by atoms with van der Waals surface area (Å²) >= 11 is 2.42. The molecule has 6 heteroatoms. The van der Waals surface area contributed by atoms with Crippen molar-refractivity contribution in [2.75, 3.05) is 18.0 Å². The Bertz CT molecular complexity index is 368. The van der Waals surface area contributed by atoms with Crippen molar-refractivity contribution >= 4 is 34.1 Å². The summed E-state index contributed by atoms with van der Waals surface area (Å²) in [5.41, 5.74) is 0.972. The minimum absolute atomic E-state index is 0.0935. The predicted octanol–water partition coefficient (Wildman–Crippen LogP) is 2.00. The number of nitro groups is 1. The van der Waals surface area contributed by atoms with E-state index in [1.165, 1.54) is 6.07 Å². The Kier molecular flexibility index (Phi) is 3.03. The normalized spacial score (nSPS) is 20.6. The van der Waals surface area contributed by atoms with Crippen molar-refractivity contribution in [3.8, 4) is 0 Å². The Morgan fingerprint density at radius 1 is 1.60 bits per heavy atom. The van der Waals surface area contributed by atoms with Crippen molar-refractivity contribution in [2.24, 2.45) is 0 Å². The highest BCUT2D eigenvalue weighted by Gasteiger charge is 2.21. The van der Waals surface area contributed by atoms with Crippen molar-refractivity contribution in [3.05, 3.63) is 28.4 Å².